The topological polar surface area (TPSA) is 60.6 Å². The van der Waals surface area contributed by atoms with Gasteiger partial charge >= 0.3 is 0 Å². The number of rotatable bonds is 3. The summed E-state index contributed by atoms with van der Waals surface area (Å²) in [6.45, 7) is 5.50. The first-order valence-corrected chi connectivity index (χ1v) is 7.73. The van der Waals surface area contributed by atoms with Crippen LogP contribution in [0.25, 0.3) is 11.5 Å². The lowest BCUT2D eigenvalue weighted by Crippen LogP contribution is -2.32. The first-order valence-electron chi connectivity index (χ1n) is 7.73. The van der Waals surface area contributed by atoms with E-state index >= 15 is 0 Å². The van der Waals surface area contributed by atoms with Crippen LogP contribution in [0.3, 0.4) is 0 Å². The van der Waals surface area contributed by atoms with Gasteiger partial charge in [0.25, 0.3) is 0 Å². The summed E-state index contributed by atoms with van der Waals surface area (Å²) in [5, 5.41) is 8.32. The molecule has 6 nitrogen and oxygen atoms in total. The molecule has 1 fully saturated rings. The van der Waals surface area contributed by atoms with E-state index in [1.54, 1.807) is 0 Å². The van der Waals surface area contributed by atoms with Crippen molar-refractivity contribution in [2.24, 2.45) is 5.92 Å². The lowest BCUT2D eigenvalue weighted by Gasteiger charge is -2.28. The van der Waals surface area contributed by atoms with Gasteiger partial charge in [0.2, 0.25) is 18.6 Å². The molecule has 0 radical (unpaired) electrons. The number of hydrogen-bond donors (Lipinski definition) is 0. The van der Waals surface area contributed by atoms with E-state index in [9.17, 15) is 0 Å². The van der Waals surface area contributed by atoms with E-state index in [1.165, 1.54) is 12.8 Å². The van der Waals surface area contributed by atoms with Gasteiger partial charge in [-0.1, -0.05) is 6.92 Å². The summed E-state index contributed by atoms with van der Waals surface area (Å²) in [7, 11) is 0. The standard InChI is InChI=1S/C16H19N3O3/c1-11-4-6-19(7-5-11)9-15-17-18-16(22-15)12-2-3-13-14(8-12)21-10-20-13/h2-3,8,11H,4-7,9-10H2,1H3. The lowest BCUT2D eigenvalue weighted by atomic mass is 9.99. The summed E-state index contributed by atoms with van der Waals surface area (Å²) >= 11 is 0. The van der Waals surface area contributed by atoms with Crippen LogP contribution in [0.2, 0.25) is 0 Å². The summed E-state index contributed by atoms with van der Waals surface area (Å²) < 4.78 is 16.5. The quantitative estimate of drug-likeness (QED) is 0.868. The summed E-state index contributed by atoms with van der Waals surface area (Å²) in [5.74, 6) is 3.50. The molecule has 0 aliphatic carbocycles. The minimum Gasteiger partial charge on any atom is -0.454 e. The second kappa shape index (κ2) is 5.61. The molecule has 6 heteroatoms. The molecule has 0 spiro atoms. The fraction of sp³-hybridized carbons (Fsp3) is 0.500. The molecule has 0 saturated carbocycles. The van der Waals surface area contributed by atoms with Crippen molar-refractivity contribution < 1.29 is 13.9 Å². The molecule has 0 unspecified atom stereocenters. The molecule has 2 aliphatic heterocycles. The van der Waals surface area contributed by atoms with E-state index in [4.69, 9.17) is 13.9 Å². The van der Waals surface area contributed by atoms with E-state index in [1.807, 2.05) is 18.2 Å². The van der Waals surface area contributed by atoms with Crippen LogP contribution in [0.1, 0.15) is 25.7 Å². The fourth-order valence-electron chi connectivity index (χ4n) is 2.88. The van der Waals surface area contributed by atoms with Crippen LogP contribution in [0.5, 0.6) is 11.5 Å². The lowest BCUT2D eigenvalue weighted by molar-refractivity contribution is 0.171. The van der Waals surface area contributed by atoms with Crippen molar-refractivity contribution in [1.82, 2.24) is 15.1 Å². The largest absolute Gasteiger partial charge is 0.454 e. The van der Waals surface area contributed by atoms with Crippen molar-refractivity contribution in [2.45, 2.75) is 26.3 Å². The van der Waals surface area contributed by atoms with Crippen molar-refractivity contribution in [1.29, 1.82) is 0 Å². The maximum Gasteiger partial charge on any atom is 0.247 e. The van der Waals surface area contributed by atoms with E-state index in [0.717, 1.165) is 42.6 Å². The molecular formula is C16H19N3O3. The zero-order chi connectivity index (χ0) is 14.9. The second-order valence-electron chi connectivity index (χ2n) is 6.03. The molecule has 116 valence electrons. The zero-order valence-corrected chi connectivity index (χ0v) is 12.6. The molecule has 0 amide bonds. The number of aromatic nitrogens is 2. The summed E-state index contributed by atoms with van der Waals surface area (Å²) in [6, 6.07) is 5.66. The molecule has 2 aromatic rings. The molecule has 1 saturated heterocycles. The minimum atomic E-state index is 0.265. The van der Waals surface area contributed by atoms with Gasteiger partial charge in [-0.15, -0.1) is 10.2 Å². The number of hydrogen-bond acceptors (Lipinski definition) is 6. The number of fused-ring (bicyclic) bond motifs is 1. The Morgan fingerprint density at radius 1 is 1.14 bits per heavy atom. The average molecular weight is 301 g/mol. The Hall–Kier alpha value is -2.08. The van der Waals surface area contributed by atoms with Crippen molar-refractivity contribution >= 4 is 0 Å². The van der Waals surface area contributed by atoms with Gasteiger partial charge in [-0.05, 0) is 50.0 Å². The molecule has 2 aliphatic rings. The van der Waals surface area contributed by atoms with E-state index in [0.29, 0.717) is 11.8 Å². The first-order chi connectivity index (χ1) is 10.8. The van der Waals surface area contributed by atoms with Crippen LogP contribution in [-0.2, 0) is 6.54 Å². The van der Waals surface area contributed by atoms with E-state index in [2.05, 4.69) is 22.0 Å². The van der Waals surface area contributed by atoms with Crippen LogP contribution in [0.15, 0.2) is 22.6 Å². The normalized spacial score (nSPS) is 18.8. The Morgan fingerprint density at radius 3 is 2.82 bits per heavy atom. The summed E-state index contributed by atoms with van der Waals surface area (Å²) in [6.07, 6.45) is 2.48. The predicted molar refractivity (Wildman–Crippen MR) is 79.5 cm³/mol. The third kappa shape index (κ3) is 2.66. The van der Waals surface area contributed by atoms with Gasteiger partial charge in [0.1, 0.15) is 0 Å². The van der Waals surface area contributed by atoms with Gasteiger partial charge in [0, 0.05) is 5.56 Å². The van der Waals surface area contributed by atoms with Crippen molar-refractivity contribution in [2.75, 3.05) is 19.9 Å². The Labute approximate surface area is 129 Å². The first kappa shape index (κ1) is 13.6. The molecule has 0 bridgehead atoms. The van der Waals surface area contributed by atoms with Gasteiger partial charge in [-0.2, -0.15) is 0 Å². The monoisotopic (exact) mass is 301 g/mol. The Morgan fingerprint density at radius 2 is 1.95 bits per heavy atom. The van der Waals surface area contributed by atoms with Crippen molar-refractivity contribution in [3.05, 3.63) is 24.1 Å². The van der Waals surface area contributed by atoms with Crippen LogP contribution >= 0.6 is 0 Å². The fourth-order valence-corrected chi connectivity index (χ4v) is 2.88. The predicted octanol–water partition coefficient (Wildman–Crippen LogP) is 2.70. The highest BCUT2D eigenvalue weighted by Gasteiger charge is 2.20. The highest BCUT2D eigenvalue weighted by atomic mass is 16.7. The molecule has 1 aromatic carbocycles. The van der Waals surface area contributed by atoms with Gasteiger partial charge in [-0.25, -0.2) is 0 Å². The van der Waals surface area contributed by atoms with Crippen molar-refractivity contribution in [3.63, 3.8) is 0 Å². The van der Waals surface area contributed by atoms with Gasteiger partial charge in [0.15, 0.2) is 11.5 Å². The highest BCUT2D eigenvalue weighted by Crippen LogP contribution is 2.35. The molecule has 3 heterocycles. The second-order valence-corrected chi connectivity index (χ2v) is 6.03. The molecular weight excluding hydrogens is 282 g/mol. The Kier molecular flexibility index (Phi) is 3.46. The van der Waals surface area contributed by atoms with Gasteiger partial charge < -0.3 is 13.9 Å². The molecule has 0 atom stereocenters. The molecule has 1 aromatic heterocycles. The van der Waals surface area contributed by atoms with Gasteiger partial charge in [0.05, 0.1) is 6.54 Å². The number of benzene rings is 1. The summed E-state index contributed by atoms with van der Waals surface area (Å²) in [4.78, 5) is 2.37. The average Bonchev–Trinajstić information content (AvgIpc) is 3.17. The minimum absolute atomic E-state index is 0.265. The van der Waals surface area contributed by atoms with Crippen LogP contribution in [0.4, 0.5) is 0 Å². The number of likely N-dealkylation sites (tertiary alicyclic amines) is 1. The SMILES string of the molecule is CC1CCN(Cc2nnc(-c3ccc4c(c3)OCO4)o2)CC1. The van der Waals surface area contributed by atoms with E-state index < -0.39 is 0 Å². The third-order valence-electron chi connectivity index (χ3n) is 4.32. The maximum absolute atomic E-state index is 5.80. The Bertz CT molecular complexity index is 662. The Balaban J connectivity index is 1.47. The zero-order valence-electron chi connectivity index (χ0n) is 12.6. The van der Waals surface area contributed by atoms with Gasteiger partial charge in [-0.3, -0.25) is 4.90 Å². The van der Waals surface area contributed by atoms with Crippen LogP contribution in [0, 0.1) is 5.92 Å². The van der Waals surface area contributed by atoms with Crippen LogP contribution in [-0.4, -0.2) is 35.0 Å². The number of ether oxygens (including phenoxy) is 2. The highest BCUT2D eigenvalue weighted by molar-refractivity contribution is 5.60. The number of nitrogens with zero attached hydrogens (tertiary/aromatic N) is 3. The van der Waals surface area contributed by atoms with E-state index in [-0.39, 0.29) is 6.79 Å². The summed E-state index contributed by atoms with van der Waals surface area (Å²) in [5.41, 5.74) is 0.857. The molecule has 4 rings (SSSR count). The van der Waals surface area contributed by atoms with Crippen molar-refractivity contribution in [3.8, 4) is 23.0 Å². The smallest absolute Gasteiger partial charge is 0.247 e. The molecule has 22 heavy (non-hydrogen) atoms. The third-order valence-corrected chi connectivity index (χ3v) is 4.32. The number of piperidine rings is 1. The van der Waals surface area contributed by atoms with Crippen LogP contribution < -0.4 is 9.47 Å². The molecule has 0 N–H and O–H groups in total. The maximum atomic E-state index is 5.80.